The molecule has 0 saturated carbocycles. The second kappa shape index (κ2) is 9.97. The van der Waals surface area contributed by atoms with Gasteiger partial charge in [-0.25, -0.2) is 0 Å². The summed E-state index contributed by atoms with van der Waals surface area (Å²) in [6.45, 7) is 2.67. The Balaban J connectivity index is 0.00000144. The number of nitrogens with zero attached hydrogens (tertiary/aromatic N) is 1. The third kappa shape index (κ3) is 5.16. The van der Waals surface area contributed by atoms with E-state index in [-0.39, 0.29) is 36.8 Å². The fraction of sp³-hybridized carbons (Fsp3) is 0.588. The molecule has 1 aromatic rings. The molecule has 24 heavy (non-hydrogen) atoms. The Morgan fingerprint density at radius 1 is 1.25 bits per heavy atom. The lowest BCUT2D eigenvalue weighted by Crippen LogP contribution is -2.48. The number of anilines is 1. The summed E-state index contributed by atoms with van der Waals surface area (Å²) in [5.74, 6) is 1.15. The standard InChI is InChI=1S/C17H25N3O2.2ClH/c1-22-15-5-2-4-14(12-15)19-13-7-10-20(11-8-13)17(21)16-6-3-9-18-16;;/h2,4-5,12-13,16,18-19H,3,6-11H2,1H3;2*1H. The third-order valence-electron chi connectivity index (χ3n) is 4.61. The van der Waals surface area contributed by atoms with Gasteiger partial charge in [-0.3, -0.25) is 4.79 Å². The number of nitrogens with one attached hydrogen (secondary N) is 2. The number of ether oxygens (including phenoxy) is 1. The smallest absolute Gasteiger partial charge is 0.239 e. The highest BCUT2D eigenvalue weighted by Gasteiger charge is 2.29. The lowest BCUT2D eigenvalue weighted by molar-refractivity contribution is -0.134. The topological polar surface area (TPSA) is 53.6 Å². The summed E-state index contributed by atoms with van der Waals surface area (Å²) < 4.78 is 5.25. The first-order valence-corrected chi connectivity index (χ1v) is 8.19. The summed E-state index contributed by atoms with van der Waals surface area (Å²) in [4.78, 5) is 14.4. The summed E-state index contributed by atoms with van der Waals surface area (Å²) in [5.41, 5.74) is 1.08. The zero-order valence-electron chi connectivity index (χ0n) is 14.0. The van der Waals surface area contributed by atoms with Gasteiger partial charge in [-0.2, -0.15) is 0 Å². The number of hydrogen-bond acceptors (Lipinski definition) is 4. The van der Waals surface area contributed by atoms with E-state index in [1.54, 1.807) is 7.11 Å². The van der Waals surface area contributed by atoms with Gasteiger partial charge in [-0.15, -0.1) is 24.8 Å². The number of rotatable bonds is 4. The minimum Gasteiger partial charge on any atom is -0.497 e. The van der Waals surface area contributed by atoms with Gasteiger partial charge in [0.25, 0.3) is 0 Å². The van der Waals surface area contributed by atoms with Crippen LogP contribution in [0.15, 0.2) is 24.3 Å². The van der Waals surface area contributed by atoms with E-state index in [4.69, 9.17) is 4.74 Å². The normalized spacial score (nSPS) is 20.7. The van der Waals surface area contributed by atoms with Gasteiger partial charge in [0.1, 0.15) is 5.75 Å². The largest absolute Gasteiger partial charge is 0.497 e. The third-order valence-corrected chi connectivity index (χ3v) is 4.61. The Kier molecular flexibility index (Phi) is 8.67. The molecule has 2 fully saturated rings. The number of piperidine rings is 1. The van der Waals surface area contributed by atoms with E-state index in [2.05, 4.69) is 16.7 Å². The Morgan fingerprint density at radius 2 is 2.00 bits per heavy atom. The van der Waals surface area contributed by atoms with Crippen molar-refractivity contribution in [1.29, 1.82) is 0 Å². The van der Waals surface area contributed by atoms with Crippen LogP contribution in [0.4, 0.5) is 5.69 Å². The Hall–Kier alpha value is -1.17. The Bertz CT molecular complexity index is 516. The van der Waals surface area contributed by atoms with Crippen molar-refractivity contribution in [2.45, 2.75) is 37.8 Å². The Morgan fingerprint density at radius 3 is 2.62 bits per heavy atom. The molecule has 0 spiro atoms. The SMILES string of the molecule is COc1cccc(NC2CCN(C(=O)C3CCCN3)CC2)c1.Cl.Cl. The average Bonchev–Trinajstić information content (AvgIpc) is 3.09. The van der Waals surface area contributed by atoms with Gasteiger partial charge in [0.15, 0.2) is 0 Å². The fourth-order valence-electron chi connectivity index (χ4n) is 3.31. The first-order chi connectivity index (χ1) is 10.8. The van der Waals surface area contributed by atoms with Gasteiger partial charge >= 0.3 is 0 Å². The number of hydrogen-bond donors (Lipinski definition) is 2. The molecular weight excluding hydrogens is 349 g/mol. The maximum absolute atomic E-state index is 12.4. The predicted molar refractivity (Wildman–Crippen MR) is 102 cm³/mol. The van der Waals surface area contributed by atoms with Crippen LogP contribution in [0.2, 0.25) is 0 Å². The molecule has 2 aliphatic rings. The van der Waals surface area contributed by atoms with Crippen LogP contribution in [0.3, 0.4) is 0 Å². The minimum atomic E-state index is 0. The van der Waals surface area contributed by atoms with Crippen molar-refractivity contribution in [1.82, 2.24) is 10.2 Å². The van der Waals surface area contributed by atoms with E-state index >= 15 is 0 Å². The zero-order valence-corrected chi connectivity index (χ0v) is 15.6. The van der Waals surface area contributed by atoms with Crippen molar-refractivity contribution in [3.05, 3.63) is 24.3 Å². The summed E-state index contributed by atoms with van der Waals surface area (Å²) in [6.07, 6.45) is 4.09. The molecule has 1 unspecified atom stereocenters. The molecule has 2 heterocycles. The van der Waals surface area contributed by atoms with E-state index in [0.29, 0.717) is 6.04 Å². The molecule has 3 rings (SSSR count). The number of amides is 1. The van der Waals surface area contributed by atoms with Gasteiger partial charge in [-0.1, -0.05) is 6.07 Å². The summed E-state index contributed by atoms with van der Waals surface area (Å²) in [5, 5.41) is 6.85. The van der Waals surface area contributed by atoms with Crippen LogP contribution in [-0.2, 0) is 4.79 Å². The van der Waals surface area contributed by atoms with Crippen LogP contribution < -0.4 is 15.4 Å². The van der Waals surface area contributed by atoms with Gasteiger partial charge in [0.05, 0.1) is 13.2 Å². The molecule has 1 atom stereocenters. The first kappa shape index (κ1) is 20.9. The van der Waals surface area contributed by atoms with Crippen LogP contribution in [-0.4, -0.2) is 49.6 Å². The molecule has 2 aliphatic heterocycles. The maximum Gasteiger partial charge on any atom is 0.239 e. The van der Waals surface area contributed by atoms with E-state index < -0.39 is 0 Å². The second-order valence-corrected chi connectivity index (χ2v) is 6.12. The van der Waals surface area contributed by atoms with Crippen LogP contribution in [0.25, 0.3) is 0 Å². The van der Waals surface area contributed by atoms with Crippen molar-refractivity contribution in [3.63, 3.8) is 0 Å². The van der Waals surface area contributed by atoms with Gasteiger partial charge in [0, 0.05) is 30.9 Å². The van der Waals surface area contributed by atoms with Crippen molar-refractivity contribution in [3.8, 4) is 5.75 Å². The summed E-state index contributed by atoms with van der Waals surface area (Å²) in [7, 11) is 1.68. The number of halogens is 2. The molecule has 0 aromatic heterocycles. The molecule has 2 N–H and O–H groups in total. The van der Waals surface area contributed by atoms with E-state index in [1.807, 2.05) is 23.1 Å². The van der Waals surface area contributed by atoms with Crippen molar-refractivity contribution in [2.75, 3.05) is 32.1 Å². The van der Waals surface area contributed by atoms with E-state index in [0.717, 1.165) is 56.8 Å². The van der Waals surface area contributed by atoms with E-state index in [1.165, 1.54) is 0 Å². The van der Waals surface area contributed by atoms with Crippen LogP contribution in [0.1, 0.15) is 25.7 Å². The van der Waals surface area contributed by atoms with Crippen LogP contribution in [0, 0.1) is 0 Å². The molecule has 136 valence electrons. The molecule has 1 amide bonds. The Labute approximate surface area is 156 Å². The van der Waals surface area contributed by atoms with Crippen molar-refractivity contribution in [2.24, 2.45) is 0 Å². The molecule has 2 saturated heterocycles. The molecular formula is C17H27Cl2N3O2. The van der Waals surface area contributed by atoms with Crippen LogP contribution in [0.5, 0.6) is 5.75 Å². The van der Waals surface area contributed by atoms with Crippen molar-refractivity contribution < 1.29 is 9.53 Å². The zero-order chi connectivity index (χ0) is 15.4. The fourth-order valence-corrected chi connectivity index (χ4v) is 3.31. The highest BCUT2D eigenvalue weighted by atomic mass is 35.5. The molecule has 0 bridgehead atoms. The first-order valence-electron chi connectivity index (χ1n) is 8.19. The number of likely N-dealkylation sites (tertiary alicyclic amines) is 1. The molecule has 0 aliphatic carbocycles. The average molecular weight is 376 g/mol. The van der Waals surface area contributed by atoms with Gasteiger partial charge < -0.3 is 20.3 Å². The van der Waals surface area contributed by atoms with Crippen molar-refractivity contribution >= 4 is 36.4 Å². The maximum atomic E-state index is 12.4. The predicted octanol–water partition coefficient (Wildman–Crippen LogP) is 2.69. The lowest BCUT2D eigenvalue weighted by atomic mass is 10.0. The number of carbonyl (C=O) groups excluding carboxylic acids is 1. The van der Waals surface area contributed by atoms with Gasteiger partial charge in [-0.05, 0) is 44.4 Å². The summed E-state index contributed by atoms with van der Waals surface area (Å²) in [6, 6.07) is 8.49. The second-order valence-electron chi connectivity index (χ2n) is 6.12. The van der Waals surface area contributed by atoms with Gasteiger partial charge in [0.2, 0.25) is 5.91 Å². The highest BCUT2D eigenvalue weighted by Crippen LogP contribution is 2.21. The molecule has 1 aromatic carbocycles. The number of methoxy groups -OCH3 is 1. The summed E-state index contributed by atoms with van der Waals surface area (Å²) >= 11 is 0. The quantitative estimate of drug-likeness (QED) is 0.849. The van der Waals surface area contributed by atoms with E-state index in [9.17, 15) is 4.79 Å². The molecule has 0 radical (unpaired) electrons. The minimum absolute atomic E-state index is 0. The van der Waals surface area contributed by atoms with Crippen LogP contribution >= 0.6 is 24.8 Å². The lowest BCUT2D eigenvalue weighted by Gasteiger charge is -2.34. The number of benzene rings is 1. The molecule has 5 nitrogen and oxygen atoms in total. The monoisotopic (exact) mass is 375 g/mol. The molecule has 7 heteroatoms. The number of carbonyl (C=O) groups is 1. The highest BCUT2D eigenvalue weighted by molar-refractivity contribution is 5.85.